The Hall–Kier alpha value is -2.50. The van der Waals surface area contributed by atoms with Crippen molar-refractivity contribution in [2.75, 3.05) is 31.1 Å². The van der Waals surface area contributed by atoms with E-state index in [-0.39, 0.29) is 11.3 Å². The molecular formula is C19H23N5O. The molecule has 0 saturated carbocycles. The van der Waals surface area contributed by atoms with Crippen LogP contribution in [0.4, 0.5) is 5.95 Å². The zero-order valence-electron chi connectivity index (χ0n) is 14.3. The van der Waals surface area contributed by atoms with Gasteiger partial charge in [0.2, 0.25) is 11.9 Å². The standard InChI is InChI=1S/C19H23N5O/c25-17(12-16-4-1-7-20-13-16)23-10-2-5-19(14-23)6-11-24(15-19)18-21-8-3-9-22-18/h1,3-4,7-9,13H,2,5-6,10-12,14-15H2. The summed E-state index contributed by atoms with van der Waals surface area (Å²) in [5, 5.41) is 0. The van der Waals surface area contributed by atoms with E-state index in [0.717, 1.165) is 50.5 Å². The number of hydrogen-bond donors (Lipinski definition) is 0. The number of hydrogen-bond acceptors (Lipinski definition) is 5. The number of carbonyl (C=O) groups is 1. The lowest BCUT2D eigenvalue weighted by Crippen LogP contribution is -2.48. The Bertz CT molecular complexity index is 723. The molecule has 6 nitrogen and oxygen atoms in total. The van der Waals surface area contributed by atoms with E-state index in [1.807, 2.05) is 23.1 Å². The maximum Gasteiger partial charge on any atom is 0.227 e. The SMILES string of the molecule is O=C(Cc1cccnc1)N1CCCC2(CCN(c3ncccn3)C2)C1. The average molecular weight is 337 g/mol. The van der Waals surface area contributed by atoms with Gasteiger partial charge < -0.3 is 9.80 Å². The van der Waals surface area contributed by atoms with Crippen LogP contribution >= 0.6 is 0 Å². The Kier molecular flexibility index (Phi) is 4.34. The van der Waals surface area contributed by atoms with E-state index >= 15 is 0 Å². The summed E-state index contributed by atoms with van der Waals surface area (Å²) in [6, 6.07) is 5.69. The van der Waals surface area contributed by atoms with Crippen molar-refractivity contribution in [3.8, 4) is 0 Å². The van der Waals surface area contributed by atoms with Crippen LogP contribution in [0.1, 0.15) is 24.8 Å². The number of amides is 1. The van der Waals surface area contributed by atoms with Gasteiger partial charge in [-0.3, -0.25) is 9.78 Å². The van der Waals surface area contributed by atoms with Crippen LogP contribution in [0, 0.1) is 5.41 Å². The summed E-state index contributed by atoms with van der Waals surface area (Å²) in [5.41, 5.74) is 1.17. The monoisotopic (exact) mass is 337 g/mol. The van der Waals surface area contributed by atoms with Crippen molar-refractivity contribution in [2.45, 2.75) is 25.7 Å². The van der Waals surface area contributed by atoms with Gasteiger partial charge >= 0.3 is 0 Å². The van der Waals surface area contributed by atoms with Crippen LogP contribution in [0.5, 0.6) is 0 Å². The first-order valence-electron chi connectivity index (χ1n) is 8.93. The maximum absolute atomic E-state index is 12.7. The summed E-state index contributed by atoms with van der Waals surface area (Å²) >= 11 is 0. The molecule has 1 amide bonds. The Labute approximate surface area is 147 Å². The molecule has 0 N–H and O–H groups in total. The van der Waals surface area contributed by atoms with E-state index in [9.17, 15) is 4.79 Å². The topological polar surface area (TPSA) is 62.2 Å². The number of rotatable bonds is 3. The molecule has 0 aliphatic carbocycles. The third-order valence-corrected chi connectivity index (χ3v) is 5.37. The molecule has 1 atom stereocenters. The average Bonchev–Trinajstić information content (AvgIpc) is 3.06. The molecule has 2 aromatic rings. The van der Waals surface area contributed by atoms with Crippen LogP contribution in [0.25, 0.3) is 0 Å². The number of pyridine rings is 1. The highest BCUT2D eigenvalue weighted by atomic mass is 16.2. The van der Waals surface area contributed by atoms with E-state index in [4.69, 9.17) is 0 Å². The number of carbonyl (C=O) groups excluding carboxylic acids is 1. The second kappa shape index (κ2) is 6.78. The molecule has 6 heteroatoms. The molecule has 2 aliphatic rings. The molecule has 2 aliphatic heterocycles. The van der Waals surface area contributed by atoms with Crippen molar-refractivity contribution in [1.29, 1.82) is 0 Å². The highest BCUT2D eigenvalue weighted by Crippen LogP contribution is 2.39. The van der Waals surface area contributed by atoms with Gasteiger partial charge in [-0.25, -0.2) is 9.97 Å². The van der Waals surface area contributed by atoms with Crippen molar-refractivity contribution < 1.29 is 4.79 Å². The molecule has 0 radical (unpaired) electrons. The van der Waals surface area contributed by atoms with Crippen LogP contribution in [0.15, 0.2) is 43.0 Å². The normalized spacial score (nSPS) is 23.2. The fourth-order valence-electron chi connectivity index (χ4n) is 4.10. The molecule has 130 valence electrons. The molecule has 4 heterocycles. The van der Waals surface area contributed by atoms with Crippen LogP contribution in [0.2, 0.25) is 0 Å². The predicted octanol–water partition coefficient (Wildman–Crippen LogP) is 1.93. The van der Waals surface area contributed by atoms with E-state index in [1.54, 1.807) is 24.8 Å². The molecule has 1 spiro atoms. The van der Waals surface area contributed by atoms with E-state index in [1.165, 1.54) is 6.42 Å². The van der Waals surface area contributed by atoms with Gasteiger partial charge in [-0.1, -0.05) is 6.07 Å². The lowest BCUT2D eigenvalue weighted by Gasteiger charge is -2.40. The molecule has 2 aromatic heterocycles. The Morgan fingerprint density at radius 2 is 1.96 bits per heavy atom. The van der Waals surface area contributed by atoms with Gasteiger partial charge in [0.1, 0.15) is 0 Å². The zero-order chi connectivity index (χ0) is 17.1. The minimum Gasteiger partial charge on any atom is -0.342 e. The molecule has 0 aromatic carbocycles. The van der Waals surface area contributed by atoms with Crippen LogP contribution in [0.3, 0.4) is 0 Å². The number of anilines is 1. The first-order valence-corrected chi connectivity index (χ1v) is 8.93. The first kappa shape index (κ1) is 16.0. The van der Waals surface area contributed by atoms with Crippen LogP contribution in [-0.2, 0) is 11.2 Å². The molecule has 1 unspecified atom stereocenters. The lowest BCUT2D eigenvalue weighted by molar-refractivity contribution is -0.133. The van der Waals surface area contributed by atoms with Gasteiger partial charge in [0.15, 0.2) is 0 Å². The first-order chi connectivity index (χ1) is 12.2. The van der Waals surface area contributed by atoms with Crippen LogP contribution in [-0.4, -0.2) is 51.9 Å². The summed E-state index contributed by atoms with van der Waals surface area (Å²) in [4.78, 5) is 29.9. The predicted molar refractivity (Wildman–Crippen MR) is 95.1 cm³/mol. The maximum atomic E-state index is 12.7. The van der Waals surface area contributed by atoms with Gasteiger partial charge in [0, 0.05) is 56.4 Å². The second-order valence-electron chi connectivity index (χ2n) is 7.18. The lowest BCUT2D eigenvalue weighted by atomic mass is 9.79. The highest BCUT2D eigenvalue weighted by Gasteiger charge is 2.43. The quantitative estimate of drug-likeness (QED) is 0.856. The molecule has 2 fully saturated rings. The van der Waals surface area contributed by atoms with Crippen molar-refractivity contribution in [3.05, 3.63) is 48.5 Å². The largest absolute Gasteiger partial charge is 0.342 e. The molecule has 2 saturated heterocycles. The smallest absolute Gasteiger partial charge is 0.227 e. The van der Waals surface area contributed by atoms with Gasteiger partial charge in [-0.2, -0.15) is 0 Å². The molecule has 0 bridgehead atoms. The fraction of sp³-hybridized carbons (Fsp3) is 0.474. The van der Waals surface area contributed by atoms with Crippen molar-refractivity contribution in [1.82, 2.24) is 19.9 Å². The summed E-state index contributed by atoms with van der Waals surface area (Å²) in [7, 11) is 0. The Morgan fingerprint density at radius 1 is 1.08 bits per heavy atom. The summed E-state index contributed by atoms with van der Waals surface area (Å²) in [6.07, 6.45) is 10.9. The Morgan fingerprint density at radius 3 is 2.76 bits per heavy atom. The number of piperidine rings is 1. The summed E-state index contributed by atoms with van der Waals surface area (Å²) in [6.45, 7) is 3.61. The van der Waals surface area contributed by atoms with Gasteiger partial charge in [-0.15, -0.1) is 0 Å². The van der Waals surface area contributed by atoms with Crippen molar-refractivity contribution >= 4 is 11.9 Å². The minimum absolute atomic E-state index is 0.183. The van der Waals surface area contributed by atoms with E-state index in [0.29, 0.717) is 6.42 Å². The number of likely N-dealkylation sites (tertiary alicyclic amines) is 1. The van der Waals surface area contributed by atoms with Gasteiger partial charge in [0.05, 0.1) is 6.42 Å². The number of nitrogens with zero attached hydrogens (tertiary/aromatic N) is 5. The highest BCUT2D eigenvalue weighted by molar-refractivity contribution is 5.78. The zero-order valence-corrected chi connectivity index (χ0v) is 14.3. The fourth-order valence-corrected chi connectivity index (χ4v) is 4.10. The molecule has 4 rings (SSSR count). The van der Waals surface area contributed by atoms with Crippen molar-refractivity contribution in [3.63, 3.8) is 0 Å². The molecular weight excluding hydrogens is 314 g/mol. The van der Waals surface area contributed by atoms with Crippen LogP contribution < -0.4 is 4.90 Å². The molecule has 25 heavy (non-hydrogen) atoms. The van der Waals surface area contributed by atoms with E-state index in [2.05, 4.69) is 19.9 Å². The van der Waals surface area contributed by atoms with Gasteiger partial charge in [0.25, 0.3) is 0 Å². The third kappa shape index (κ3) is 3.48. The summed E-state index contributed by atoms with van der Waals surface area (Å²) in [5.74, 6) is 1.01. The summed E-state index contributed by atoms with van der Waals surface area (Å²) < 4.78 is 0. The minimum atomic E-state index is 0.183. The van der Waals surface area contributed by atoms with Crippen molar-refractivity contribution in [2.24, 2.45) is 5.41 Å². The van der Waals surface area contributed by atoms with E-state index < -0.39 is 0 Å². The van der Waals surface area contributed by atoms with Gasteiger partial charge in [-0.05, 0) is 37.0 Å². The second-order valence-corrected chi connectivity index (χ2v) is 7.18. The Balaban J connectivity index is 1.42. The third-order valence-electron chi connectivity index (χ3n) is 5.37. The number of aromatic nitrogens is 3.